The van der Waals surface area contributed by atoms with Crippen LogP contribution in [0.3, 0.4) is 0 Å². The highest BCUT2D eigenvalue weighted by molar-refractivity contribution is 9.10. The second-order valence-electron chi connectivity index (χ2n) is 12.2. The number of pyridine rings is 1. The predicted octanol–water partition coefficient (Wildman–Crippen LogP) is 4.53. The number of hydrogen-bond acceptors (Lipinski definition) is 8. The smallest absolute Gasteiger partial charge is 0.411 e. The number of amides is 3. The normalized spacial score (nSPS) is 23.2. The summed E-state index contributed by atoms with van der Waals surface area (Å²) >= 11 is 9.24. The first-order valence-electron chi connectivity index (χ1n) is 14.1. The van der Waals surface area contributed by atoms with Crippen LogP contribution in [-0.2, 0) is 29.7 Å². The average Bonchev–Trinajstić information content (AvgIpc) is 3.63. The summed E-state index contributed by atoms with van der Waals surface area (Å²) in [6, 6.07) is 1.97. The number of halogens is 4. The van der Waals surface area contributed by atoms with E-state index in [-0.39, 0.29) is 22.5 Å². The van der Waals surface area contributed by atoms with Gasteiger partial charge in [-0.2, -0.15) is 5.26 Å². The molecule has 0 radical (unpaired) electrons. The van der Waals surface area contributed by atoms with Gasteiger partial charge in [0.2, 0.25) is 0 Å². The molecule has 2 aliphatic heterocycles. The van der Waals surface area contributed by atoms with Crippen molar-refractivity contribution in [2.45, 2.75) is 79.8 Å². The molecular weight excluding hydrogens is 700 g/mol. The molecule has 3 aliphatic rings. The molecule has 45 heavy (non-hydrogen) atoms. The zero-order valence-corrected chi connectivity index (χ0v) is 27.6. The van der Waals surface area contributed by atoms with Crippen molar-refractivity contribution >= 4 is 55.3 Å². The highest BCUT2D eigenvalue weighted by Crippen LogP contribution is 2.46. The summed E-state index contributed by atoms with van der Waals surface area (Å²) in [6.45, 7) is 4.27. The highest BCUT2D eigenvalue weighted by atomic mass is 79.9. The summed E-state index contributed by atoms with van der Waals surface area (Å²) in [6.07, 6.45) is 2.72. The van der Waals surface area contributed by atoms with Crippen molar-refractivity contribution in [1.82, 2.24) is 19.7 Å². The van der Waals surface area contributed by atoms with E-state index in [9.17, 15) is 32.5 Å². The van der Waals surface area contributed by atoms with Gasteiger partial charge in [-0.05, 0) is 80.2 Å². The molecule has 3 fully saturated rings. The molecule has 0 spiro atoms. The van der Waals surface area contributed by atoms with Gasteiger partial charge < -0.3 is 9.64 Å². The number of ether oxygens (including phenoxy) is 1. The van der Waals surface area contributed by atoms with Gasteiger partial charge in [0.15, 0.2) is 21.6 Å². The lowest BCUT2D eigenvalue weighted by atomic mass is 9.79. The maximum atomic E-state index is 15.6. The Morgan fingerprint density at radius 1 is 1.22 bits per heavy atom. The third kappa shape index (κ3) is 5.99. The molecule has 0 N–H and O–H groups in total. The second kappa shape index (κ2) is 11.8. The van der Waals surface area contributed by atoms with Crippen LogP contribution in [0.1, 0.15) is 52.1 Å². The molecule has 11 nitrogen and oxygen atoms in total. The van der Waals surface area contributed by atoms with E-state index in [0.717, 1.165) is 39.0 Å². The summed E-state index contributed by atoms with van der Waals surface area (Å²) in [5, 5.41) is 7.99. The minimum absolute atomic E-state index is 0.0242. The van der Waals surface area contributed by atoms with Crippen LogP contribution in [0.15, 0.2) is 39.8 Å². The second-order valence-corrected chi connectivity index (χ2v) is 15.7. The van der Waals surface area contributed by atoms with Gasteiger partial charge in [0.25, 0.3) is 11.8 Å². The SMILES string of the molecule is CC(C)(C)OC(=O)N1CCC1(C(=O)N1C[C@H](S(=O)(=O)c2ccc(F)cc2Cl)C[C@H]1C(=O)N(C#N)C1CC1)c1ncc(Br)cc1F. The monoisotopic (exact) mass is 727 g/mol. The first kappa shape index (κ1) is 33.0. The Morgan fingerprint density at radius 3 is 2.44 bits per heavy atom. The number of sulfone groups is 1. The van der Waals surface area contributed by atoms with E-state index in [0.29, 0.717) is 12.8 Å². The Balaban J connectivity index is 1.61. The van der Waals surface area contributed by atoms with E-state index in [1.807, 2.05) is 6.19 Å². The minimum Gasteiger partial charge on any atom is -0.444 e. The topological polar surface area (TPSA) is 141 Å². The molecule has 3 atom stereocenters. The molecule has 240 valence electrons. The van der Waals surface area contributed by atoms with Crippen LogP contribution in [-0.4, -0.2) is 82.0 Å². The number of benzene rings is 1. The minimum atomic E-state index is -4.37. The molecule has 1 unspecified atom stereocenters. The van der Waals surface area contributed by atoms with Crippen LogP contribution in [0, 0.1) is 23.1 Å². The van der Waals surface area contributed by atoms with Crippen LogP contribution >= 0.6 is 27.5 Å². The van der Waals surface area contributed by atoms with Crippen LogP contribution < -0.4 is 0 Å². The van der Waals surface area contributed by atoms with E-state index in [4.69, 9.17) is 16.3 Å². The molecule has 2 saturated heterocycles. The van der Waals surface area contributed by atoms with Crippen LogP contribution in [0.2, 0.25) is 5.02 Å². The molecular formula is C29H29BrClF2N5O6S. The summed E-state index contributed by atoms with van der Waals surface area (Å²) in [5.41, 5.74) is -3.48. The van der Waals surface area contributed by atoms with Crippen LogP contribution in [0.4, 0.5) is 13.6 Å². The van der Waals surface area contributed by atoms with E-state index >= 15 is 4.39 Å². The van der Waals surface area contributed by atoms with E-state index in [1.54, 1.807) is 20.8 Å². The fourth-order valence-corrected chi connectivity index (χ4v) is 8.24. The molecule has 16 heteroatoms. The largest absolute Gasteiger partial charge is 0.444 e. The van der Waals surface area contributed by atoms with Gasteiger partial charge in [-0.3, -0.25) is 19.5 Å². The van der Waals surface area contributed by atoms with Gasteiger partial charge in [-0.1, -0.05) is 11.6 Å². The van der Waals surface area contributed by atoms with Crippen LogP contribution in [0.5, 0.6) is 0 Å². The third-order valence-electron chi connectivity index (χ3n) is 8.03. The predicted molar refractivity (Wildman–Crippen MR) is 159 cm³/mol. The van der Waals surface area contributed by atoms with Crippen molar-refractivity contribution in [2.75, 3.05) is 13.1 Å². The fourth-order valence-electron chi connectivity index (χ4n) is 5.71. The van der Waals surface area contributed by atoms with Crippen molar-refractivity contribution < 1.29 is 36.3 Å². The number of likely N-dealkylation sites (tertiary alicyclic amines) is 2. The Labute approximate surface area is 272 Å². The Kier molecular flexibility index (Phi) is 8.65. The molecule has 5 rings (SSSR count). The Morgan fingerprint density at radius 2 is 1.91 bits per heavy atom. The van der Waals surface area contributed by atoms with Gasteiger partial charge >= 0.3 is 6.09 Å². The van der Waals surface area contributed by atoms with E-state index in [1.165, 1.54) is 6.20 Å². The van der Waals surface area contributed by atoms with Gasteiger partial charge in [-0.25, -0.2) is 26.9 Å². The van der Waals surface area contributed by atoms with Crippen molar-refractivity contribution in [3.63, 3.8) is 0 Å². The van der Waals surface area contributed by atoms with Crippen molar-refractivity contribution in [2.24, 2.45) is 0 Å². The van der Waals surface area contributed by atoms with Gasteiger partial charge in [0.05, 0.1) is 15.2 Å². The van der Waals surface area contributed by atoms with Crippen molar-refractivity contribution in [1.29, 1.82) is 5.26 Å². The number of aromatic nitrogens is 1. The van der Waals surface area contributed by atoms with Gasteiger partial charge in [0.1, 0.15) is 29.0 Å². The number of nitriles is 1. The number of nitrogens with zero attached hydrogens (tertiary/aromatic N) is 5. The summed E-state index contributed by atoms with van der Waals surface area (Å²) in [5.74, 6) is -3.45. The lowest BCUT2D eigenvalue weighted by Crippen LogP contribution is -2.69. The standard InChI is InChI=1S/C29H29BrClF2N5O6S/c1-28(2,3)44-27(41)38-9-8-29(38,24-21(33)10-16(30)13-35-24)26(40)36-14-19(12-22(36)25(39)37(15-34)18-5-6-18)45(42,43)23-7-4-17(32)11-20(23)31/h4,7,10-11,13,18-19,22H,5-6,8-9,12,14H2,1-3H3/t19-,22+,29?/m1/s1. The molecule has 1 aromatic heterocycles. The lowest BCUT2D eigenvalue weighted by molar-refractivity contribution is -0.159. The van der Waals surface area contributed by atoms with Crippen molar-refractivity contribution in [3.8, 4) is 6.19 Å². The highest BCUT2D eigenvalue weighted by Gasteiger charge is 2.62. The summed E-state index contributed by atoms with van der Waals surface area (Å²) in [7, 11) is -4.37. The Bertz CT molecular complexity index is 1730. The maximum absolute atomic E-state index is 15.6. The fraction of sp³-hybridized carbons (Fsp3) is 0.483. The molecule has 0 bridgehead atoms. The van der Waals surface area contributed by atoms with Crippen molar-refractivity contribution in [3.05, 3.63) is 57.3 Å². The van der Waals surface area contributed by atoms with E-state index in [2.05, 4.69) is 20.9 Å². The molecule has 3 heterocycles. The third-order valence-corrected chi connectivity index (χ3v) is 11.1. The Hall–Kier alpha value is -3.35. The molecule has 3 amide bonds. The number of rotatable bonds is 6. The zero-order valence-electron chi connectivity index (χ0n) is 24.5. The molecule has 2 aromatic rings. The molecule has 1 aliphatic carbocycles. The number of hydrogen-bond donors (Lipinski definition) is 0. The maximum Gasteiger partial charge on any atom is 0.411 e. The van der Waals surface area contributed by atoms with E-state index < -0.39 is 91.4 Å². The molecule has 1 aromatic carbocycles. The first-order valence-corrected chi connectivity index (χ1v) is 16.8. The summed E-state index contributed by atoms with van der Waals surface area (Å²) in [4.78, 5) is 48.6. The van der Waals surface area contributed by atoms with Gasteiger partial charge in [0, 0.05) is 36.2 Å². The van der Waals surface area contributed by atoms with Gasteiger partial charge in [-0.15, -0.1) is 0 Å². The first-order chi connectivity index (χ1) is 21.0. The summed E-state index contributed by atoms with van der Waals surface area (Å²) < 4.78 is 62.8. The average molecular weight is 729 g/mol. The number of carbonyl (C=O) groups excluding carboxylic acids is 3. The lowest BCUT2D eigenvalue weighted by Gasteiger charge is -2.52. The molecule has 1 saturated carbocycles. The number of carbonyl (C=O) groups is 3. The quantitative estimate of drug-likeness (QED) is 0.240. The van der Waals surface area contributed by atoms with Crippen LogP contribution in [0.25, 0.3) is 0 Å². The zero-order chi connectivity index (χ0) is 33.1.